The first-order valence-electron chi connectivity index (χ1n) is 6.19. The molecule has 4 rings (SSSR count). The average molecular weight is 437 g/mol. The molecule has 4 aliphatic rings. The second-order valence-corrected chi connectivity index (χ2v) is 6.86. The number of thioether (sulfide) groups is 2. The number of halogens is 2. The summed E-state index contributed by atoms with van der Waals surface area (Å²) in [7, 11) is 0. The maximum absolute atomic E-state index is 2.28. The van der Waals surface area contributed by atoms with Crippen molar-refractivity contribution in [3.05, 3.63) is 68.6 Å². The molecule has 0 radical (unpaired) electrons. The van der Waals surface area contributed by atoms with Crippen LogP contribution in [0.15, 0.2) is 68.6 Å². The first-order chi connectivity index (χ1) is 8.72. The minimum atomic E-state index is 0. The Balaban J connectivity index is 0.000000333. The summed E-state index contributed by atoms with van der Waals surface area (Å²) in [5.74, 6) is 2.34. The van der Waals surface area contributed by atoms with Gasteiger partial charge in [-0.1, -0.05) is 24.3 Å². The molecule has 21 heavy (non-hydrogen) atoms. The van der Waals surface area contributed by atoms with Crippen molar-refractivity contribution in [1.29, 1.82) is 0 Å². The second kappa shape index (κ2) is 9.68. The zero-order valence-electron chi connectivity index (χ0n) is 12.0. The summed E-state index contributed by atoms with van der Waals surface area (Å²) in [5.41, 5.74) is 5.67. The molecule has 0 nitrogen and oxygen atoms in total. The van der Waals surface area contributed by atoms with Gasteiger partial charge in [0.05, 0.1) is 0 Å². The molecular weight excluding hydrogens is 418 g/mol. The van der Waals surface area contributed by atoms with Crippen molar-refractivity contribution in [2.45, 2.75) is 13.8 Å². The molecule has 5 heteroatoms. The molecule has 0 aromatic rings. The van der Waals surface area contributed by atoms with Crippen molar-refractivity contribution in [3.63, 3.8) is 0 Å². The van der Waals surface area contributed by atoms with Gasteiger partial charge in [0.25, 0.3) is 0 Å². The van der Waals surface area contributed by atoms with Crippen molar-refractivity contribution >= 4 is 48.3 Å². The van der Waals surface area contributed by atoms with E-state index in [9.17, 15) is 0 Å². The maximum atomic E-state index is 2.28. The SMILES string of the molecule is CC1=CC2=CCSC2=C1.CC1=CC2=CCSC2=C1.Cl.Cl.[Zr]. The van der Waals surface area contributed by atoms with Crippen molar-refractivity contribution in [3.8, 4) is 0 Å². The Labute approximate surface area is 167 Å². The summed E-state index contributed by atoms with van der Waals surface area (Å²) in [6.07, 6.45) is 13.6. The van der Waals surface area contributed by atoms with Crippen molar-refractivity contribution in [1.82, 2.24) is 0 Å². The standard InChI is InChI=1S/2C8H8S.2ClH.Zr/c2*1-6-4-7-2-3-9-8(7)5-6;;;/h2*2,4-5H,3H2,1H3;2*1H;. The molecular formula is C16H18Cl2S2Zr. The Bertz CT molecular complexity index is 529. The van der Waals surface area contributed by atoms with E-state index >= 15 is 0 Å². The smallest absolute Gasteiger partial charge is 0.0170 e. The summed E-state index contributed by atoms with van der Waals surface area (Å²) in [6.45, 7) is 4.29. The van der Waals surface area contributed by atoms with E-state index in [1.165, 1.54) is 43.6 Å². The van der Waals surface area contributed by atoms with Gasteiger partial charge < -0.3 is 0 Å². The van der Waals surface area contributed by atoms with E-state index in [1.807, 2.05) is 23.5 Å². The van der Waals surface area contributed by atoms with Crippen LogP contribution in [0.25, 0.3) is 0 Å². The minimum Gasteiger partial charge on any atom is -0.147 e. The van der Waals surface area contributed by atoms with Gasteiger partial charge in [-0.15, -0.1) is 48.3 Å². The van der Waals surface area contributed by atoms with Crippen LogP contribution in [-0.4, -0.2) is 11.5 Å². The van der Waals surface area contributed by atoms with E-state index in [1.54, 1.807) is 0 Å². The number of rotatable bonds is 0. The van der Waals surface area contributed by atoms with Crippen LogP contribution in [0.4, 0.5) is 0 Å². The zero-order valence-corrected chi connectivity index (χ0v) is 17.7. The normalized spacial score (nSPS) is 19.7. The monoisotopic (exact) mass is 434 g/mol. The summed E-state index contributed by atoms with van der Waals surface area (Å²) < 4.78 is 0. The predicted octanol–water partition coefficient (Wildman–Crippen LogP) is 5.85. The predicted molar refractivity (Wildman–Crippen MR) is 99.3 cm³/mol. The van der Waals surface area contributed by atoms with E-state index in [0.29, 0.717) is 0 Å². The molecule has 0 fully saturated rings. The molecule has 0 bridgehead atoms. The summed E-state index contributed by atoms with van der Waals surface area (Å²) in [4.78, 5) is 2.93. The first kappa shape index (κ1) is 21.6. The summed E-state index contributed by atoms with van der Waals surface area (Å²) in [5, 5.41) is 0. The Morgan fingerprint density at radius 1 is 0.714 bits per heavy atom. The second-order valence-electron chi connectivity index (χ2n) is 4.73. The molecule has 0 aromatic heterocycles. The Morgan fingerprint density at radius 3 is 1.43 bits per heavy atom. The fraction of sp³-hybridized carbons (Fsp3) is 0.250. The summed E-state index contributed by atoms with van der Waals surface area (Å²) >= 11 is 3.87. The average Bonchev–Trinajstić information content (AvgIpc) is 2.97. The molecule has 0 atom stereocenters. The van der Waals surface area contributed by atoms with Crippen molar-refractivity contribution in [2.75, 3.05) is 11.5 Å². The number of hydrogen-bond acceptors (Lipinski definition) is 2. The van der Waals surface area contributed by atoms with Crippen LogP contribution in [0.2, 0.25) is 0 Å². The van der Waals surface area contributed by atoms with Gasteiger partial charge in [0.15, 0.2) is 0 Å². The molecule has 112 valence electrons. The van der Waals surface area contributed by atoms with E-state index in [2.05, 4.69) is 50.3 Å². The van der Waals surface area contributed by atoms with Gasteiger partial charge in [-0.05, 0) is 48.3 Å². The molecule has 0 N–H and O–H groups in total. The van der Waals surface area contributed by atoms with E-state index < -0.39 is 0 Å². The van der Waals surface area contributed by atoms with Crippen LogP contribution in [0.1, 0.15) is 13.8 Å². The molecule has 2 aliphatic carbocycles. The van der Waals surface area contributed by atoms with Crippen LogP contribution in [0.3, 0.4) is 0 Å². The number of allylic oxidation sites excluding steroid dienone is 8. The number of fused-ring (bicyclic) bond motifs is 2. The molecule has 0 saturated carbocycles. The Kier molecular flexibility index (Phi) is 9.96. The van der Waals surface area contributed by atoms with Crippen molar-refractivity contribution < 1.29 is 26.2 Å². The first-order valence-corrected chi connectivity index (χ1v) is 8.16. The molecule has 2 heterocycles. The third-order valence-corrected chi connectivity index (χ3v) is 5.13. The van der Waals surface area contributed by atoms with Gasteiger partial charge in [0.2, 0.25) is 0 Å². The Hall–Kier alpha value is 0.603. The van der Waals surface area contributed by atoms with Gasteiger partial charge in [-0.25, -0.2) is 0 Å². The van der Waals surface area contributed by atoms with Crippen molar-refractivity contribution in [2.24, 2.45) is 0 Å². The van der Waals surface area contributed by atoms with Gasteiger partial charge in [-0.3, -0.25) is 0 Å². The quantitative estimate of drug-likeness (QED) is 0.467. The van der Waals surface area contributed by atoms with Gasteiger partial charge in [-0.2, -0.15) is 0 Å². The zero-order chi connectivity index (χ0) is 12.5. The fourth-order valence-corrected chi connectivity index (χ4v) is 4.35. The third-order valence-electron chi connectivity index (χ3n) is 3.14. The largest absolute Gasteiger partial charge is 0.147 e. The molecule has 0 unspecified atom stereocenters. The van der Waals surface area contributed by atoms with Crippen LogP contribution >= 0.6 is 48.3 Å². The molecule has 0 spiro atoms. The molecule has 0 amide bonds. The van der Waals surface area contributed by atoms with Crippen LogP contribution in [0, 0.1) is 0 Å². The molecule has 0 aromatic carbocycles. The minimum absolute atomic E-state index is 0. The number of hydrogen-bond donors (Lipinski definition) is 0. The molecule has 2 aliphatic heterocycles. The molecule has 0 saturated heterocycles. The van der Waals surface area contributed by atoms with Crippen LogP contribution in [-0.2, 0) is 26.2 Å². The van der Waals surface area contributed by atoms with E-state index in [4.69, 9.17) is 0 Å². The van der Waals surface area contributed by atoms with E-state index in [-0.39, 0.29) is 51.0 Å². The van der Waals surface area contributed by atoms with Crippen LogP contribution in [0.5, 0.6) is 0 Å². The topological polar surface area (TPSA) is 0 Å². The van der Waals surface area contributed by atoms with Crippen LogP contribution < -0.4 is 0 Å². The fourth-order valence-electron chi connectivity index (χ4n) is 2.31. The van der Waals surface area contributed by atoms with Gasteiger partial charge in [0.1, 0.15) is 0 Å². The third kappa shape index (κ3) is 5.32. The Morgan fingerprint density at radius 2 is 1.10 bits per heavy atom. The van der Waals surface area contributed by atoms with Gasteiger partial charge >= 0.3 is 0 Å². The maximum Gasteiger partial charge on any atom is 0.0170 e. The van der Waals surface area contributed by atoms with E-state index in [0.717, 1.165) is 0 Å². The van der Waals surface area contributed by atoms with Gasteiger partial charge in [0, 0.05) is 47.5 Å². The summed E-state index contributed by atoms with van der Waals surface area (Å²) in [6, 6.07) is 0.